The number of carbonyl (C=O) groups excluding carboxylic acids is 1. The molecule has 0 saturated carbocycles. The van der Waals surface area contributed by atoms with Crippen LogP contribution in [-0.2, 0) is 21.3 Å². The predicted octanol–water partition coefficient (Wildman–Crippen LogP) is 3.15. The Balaban J connectivity index is 1.61. The second kappa shape index (κ2) is 8.92. The zero-order valence-corrected chi connectivity index (χ0v) is 18.5. The van der Waals surface area contributed by atoms with Gasteiger partial charge in [0.1, 0.15) is 0 Å². The molecule has 9 heteroatoms. The maximum Gasteiger partial charge on any atom is 0.254 e. The molecular weight excluding hydrogens is 438 g/mol. The van der Waals surface area contributed by atoms with E-state index in [9.17, 15) is 13.2 Å². The molecule has 1 N–H and O–H groups in total. The molecule has 7 nitrogen and oxygen atoms in total. The Kier molecular flexibility index (Phi) is 6.24. The first-order valence-corrected chi connectivity index (χ1v) is 11.7. The van der Waals surface area contributed by atoms with Gasteiger partial charge in [0.15, 0.2) is 0 Å². The van der Waals surface area contributed by atoms with Crippen LogP contribution in [0.1, 0.15) is 21.5 Å². The van der Waals surface area contributed by atoms with Crippen molar-refractivity contribution < 1.29 is 17.9 Å². The highest BCUT2D eigenvalue weighted by Crippen LogP contribution is 2.29. The number of halogens is 1. The number of aromatic nitrogens is 1. The molecule has 0 atom stereocenters. The maximum absolute atomic E-state index is 13.0. The summed E-state index contributed by atoms with van der Waals surface area (Å²) >= 11 is 6.52. The van der Waals surface area contributed by atoms with Crippen molar-refractivity contribution in [2.75, 3.05) is 26.3 Å². The van der Waals surface area contributed by atoms with Crippen molar-refractivity contribution in [2.45, 2.75) is 18.4 Å². The van der Waals surface area contributed by atoms with E-state index in [1.54, 1.807) is 6.07 Å². The largest absolute Gasteiger partial charge is 0.379 e. The number of carbonyl (C=O) groups is 1. The lowest BCUT2D eigenvalue weighted by Gasteiger charge is -2.26. The first-order valence-electron chi connectivity index (χ1n) is 9.86. The molecule has 2 heterocycles. The molecule has 0 bridgehead atoms. The highest BCUT2D eigenvalue weighted by molar-refractivity contribution is 7.89. The average Bonchev–Trinajstić information content (AvgIpc) is 2.79. The topological polar surface area (TPSA) is 88.6 Å². The van der Waals surface area contributed by atoms with E-state index in [2.05, 4.69) is 10.3 Å². The number of pyridine rings is 1. The number of ether oxygens (including phenoxy) is 1. The van der Waals surface area contributed by atoms with Gasteiger partial charge in [-0.05, 0) is 30.7 Å². The summed E-state index contributed by atoms with van der Waals surface area (Å²) in [6, 6.07) is 12.4. The third kappa shape index (κ3) is 4.57. The maximum atomic E-state index is 13.0. The Morgan fingerprint density at radius 3 is 2.58 bits per heavy atom. The summed E-state index contributed by atoms with van der Waals surface area (Å²) in [5.41, 5.74) is 2.81. The van der Waals surface area contributed by atoms with Gasteiger partial charge in [0.25, 0.3) is 5.91 Å². The monoisotopic (exact) mass is 459 g/mol. The molecule has 0 unspecified atom stereocenters. The average molecular weight is 460 g/mol. The lowest BCUT2D eigenvalue weighted by atomic mass is 10.1. The Morgan fingerprint density at radius 1 is 1.16 bits per heavy atom. The number of hydrogen-bond donors (Lipinski definition) is 1. The molecule has 3 aromatic rings. The molecule has 1 aromatic heterocycles. The van der Waals surface area contributed by atoms with Gasteiger partial charge < -0.3 is 10.1 Å². The second-order valence-corrected chi connectivity index (χ2v) is 9.67. The van der Waals surface area contributed by atoms with Crippen LogP contribution in [0.2, 0.25) is 5.02 Å². The summed E-state index contributed by atoms with van der Waals surface area (Å²) in [5, 5.41) is 3.42. The van der Waals surface area contributed by atoms with E-state index in [0.717, 1.165) is 11.1 Å². The second-order valence-electron chi connectivity index (χ2n) is 7.35. The zero-order chi connectivity index (χ0) is 22.0. The van der Waals surface area contributed by atoms with E-state index in [1.165, 1.54) is 22.6 Å². The van der Waals surface area contributed by atoms with Crippen LogP contribution in [0.15, 0.2) is 53.6 Å². The van der Waals surface area contributed by atoms with Crippen molar-refractivity contribution in [1.29, 1.82) is 0 Å². The molecule has 1 amide bonds. The Labute approximate surface area is 186 Å². The predicted molar refractivity (Wildman–Crippen MR) is 119 cm³/mol. The molecular formula is C22H22ClN3O4S. The number of nitrogens with one attached hydrogen (secondary N) is 1. The van der Waals surface area contributed by atoms with Crippen LogP contribution in [0, 0.1) is 6.92 Å². The number of amides is 1. The molecule has 1 aliphatic heterocycles. The van der Waals surface area contributed by atoms with Gasteiger partial charge in [-0.3, -0.25) is 9.78 Å². The van der Waals surface area contributed by atoms with Crippen LogP contribution in [0.3, 0.4) is 0 Å². The van der Waals surface area contributed by atoms with Crippen LogP contribution >= 0.6 is 11.6 Å². The number of nitrogens with zero attached hydrogens (tertiary/aromatic N) is 2. The van der Waals surface area contributed by atoms with Gasteiger partial charge in [-0.25, -0.2) is 8.42 Å². The van der Waals surface area contributed by atoms with Gasteiger partial charge in [0, 0.05) is 31.2 Å². The molecule has 0 radical (unpaired) electrons. The van der Waals surface area contributed by atoms with Gasteiger partial charge in [-0.2, -0.15) is 4.31 Å². The standard InChI is InChI=1S/C22H22ClN3O4S/c1-15-2-4-16(5-3-15)13-25-22(27)19-14-24-20-7-6-17(12-18(20)21(19)23)31(28,29)26-8-10-30-11-9-26/h2-7,12,14H,8-11,13H2,1H3,(H,25,27). The highest BCUT2D eigenvalue weighted by Gasteiger charge is 2.27. The van der Waals surface area contributed by atoms with Gasteiger partial charge in [0.2, 0.25) is 10.0 Å². The fraction of sp³-hybridized carbons (Fsp3) is 0.273. The Morgan fingerprint density at radius 2 is 1.87 bits per heavy atom. The van der Waals surface area contributed by atoms with Gasteiger partial charge in [0.05, 0.1) is 34.2 Å². The van der Waals surface area contributed by atoms with E-state index < -0.39 is 10.0 Å². The van der Waals surface area contributed by atoms with Crippen LogP contribution in [0.25, 0.3) is 10.9 Å². The third-order valence-electron chi connectivity index (χ3n) is 5.20. The molecule has 1 aliphatic rings. The summed E-state index contributed by atoms with van der Waals surface area (Å²) in [6.07, 6.45) is 1.41. The Hall–Kier alpha value is -2.52. The minimum Gasteiger partial charge on any atom is -0.379 e. The first-order chi connectivity index (χ1) is 14.9. The van der Waals surface area contributed by atoms with Gasteiger partial charge in [-0.1, -0.05) is 41.4 Å². The molecule has 2 aromatic carbocycles. The van der Waals surface area contributed by atoms with Gasteiger partial charge >= 0.3 is 0 Å². The SMILES string of the molecule is Cc1ccc(CNC(=O)c2cnc3ccc(S(=O)(=O)N4CCOCC4)cc3c2Cl)cc1. The van der Waals surface area contributed by atoms with Crippen molar-refractivity contribution in [2.24, 2.45) is 0 Å². The number of benzene rings is 2. The van der Waals surface area contributed by atoms with Crippen molar-refractivity contribution in [1.82, 2.24) is 14.6 Å². The molecule has 0 spiro atoms. The van der Waals surface area contributed by atoms with Crippen molar-refractivity contribution in [3.05, 3.63) is 70.4 Å². The molecule has 1 saturated heterocycles. The number of aryl methyl sites for hydroxylation is 1. The fourth-order valence-corrected chi connectivity index (χ4v) is 5.10. The molecule has 1 fully saturated rings. The number of sulfonamides is 1. The van der Waals surface area contributed by atoms with E-state index >= 15 is 0 Å². The minimum absolute atomic E-state index is 0.114. The first kappa shape index (κ1) is 21.7. The quantitative estimate of drug-likeness (QED) is 0.633. The van der Waals surface area contributed by atoms with E-state index in [1.807, 2.05) is 31.2 Å². The lowest BCUT2D eigenvalue weighted by molar-refractivity contribution is 0.0730. The van der Waals surface area contributed by atoms with Crippen molar-refractivity contribution in [3.8, 4) is 0 Å². The van der Waals surface area contributed by atoms with Crippen LogP contribution < -0.4 is 5.32 Å². The Bertz CT molecular complexity index is 1220. The molecule has 162 valence electrons. The van der Waals surface area contributed by atoms with Crippen LogP contribution in [0.4, 0.5) is 0 Å². The van der Waals surface area contributed by atoms with E-state index in [4.69, 9.17) is 16.3 Å². The summed E-state index contributed by atoms with van der Waals surface area (Å²) < 4.78 is 32.6. The smallest absolute Gasteiger partial charge is 0.254 e. The number of morpholine rings is 1. The normalized spacial score (nSPS) is 15.2. The summed E-state index contributed by atoms with van der Waals surface area (Å²) in [6.45, 7) is 3.66. The van der Waals surface area contributed by atoms with Gasteiger partial charge in [-0.15, -0.1) is 0 Å². The van der Waals surface area contributed by atoms with E-state index in [-0.39, 0.29) is 21.4 Å². The van der Waals surface area contributed by atoms with E-state index in [0.29, 0.717) is 43.8 Å². The summed E-state index contributed by atoms with van der Waals surface area (Å²) in [7, 11) is -3.69. The number of hydrogen-bond acceptors (Lipinski definition) is 5. The summed E-state index contributed by atoms with van der Waals surface area (Å²) in [5.74, 6) is -0.374. The molecule has 31 heavy (non-hydrogen) atoms. The lowest BCUT2D eigenvalue weighted by Crippen LogP contribution is -2.40. The third-order valence-corrected chi connectivity index (χ3v) is 7.50. The summed E-state index contributed by atoms with van der Waals surface area (Å²) in [4.78, 5) is 17.1. The van der Waals surface area contributed by atoms with Crippen molar-refractivity contribution >= 4 is 38.4 Å². The number of rotatable bonds is 5. The van der Waals surface area contributed by atoms with Crippen LogP contribution in [-0.4, -0.2) is 49.9 Å². The zero-order valence-electron chi connectivity index (χ0n) is 17.0. The van der Waals surface area contributed by atoms with Crippen molar-refractivity contribution in [3.63, 3.8) is 0 Å². The molecule has 0 aliphatic carbocycles. The minimum atomic E-state index is -3.69. The van der Waals surface area contributed by atoms with Crippen LogP contribution in [0.5, 0.6) is 0 Å². The number of fused-ring (bicyclic) bond motifs is 1. The fourth-order valence-electron chi connectivity index (χ4n) is 3.38. The molecule has 4 rings (SSSR count). The highest BCUT2D eigenvalue weighted by atomic mass is 35.5.